The SMILES string of the molecule is CCCCCCCCc1ccc(-c2ccc(-c3ccc(C4=CCC(CCCCC)CC4)cc3F)cc2)c(F)c1F. The molecule has 3 aromatic carbocycles. The molecule has 214 valence electrons. The number of benzene rings is 3. The normalized spacial score (nSPS) is 15.3. The van der Waals surface area contributed by atoms with Gasteiger partial charge in [-0.15, -0.1) is 0 Å². The van der Waals surface area contributed by atoms with Crippen molar-refractivity contribution in [3.63, 3.8) is 0 Å². The zero-order chi connectivity index (χ0) is 28.3. The lowest BCUT2D eigenvalue weighted by Crippen LogP contribution is -2.05. The fourth-order valence-corrected chi connectivity index (χ4v) is 5.98. The minimum absolute atomic E-state index is 0.240. The van der Waals surface area contributed by atoms with Crippen LogP contribution in [0.3, 0.4) is 0 Å². The van der Waals surface area contributed by atoms with Gasteiger partial charge in [-0.05, 0) is 71.9 Å². The van der Waals surface area contributed by atoms with Crippen molar-refractivity contribution in [2.75, 3.05) is 0 Å². The average molecular weight is 547 g/mol. The molecule has 0 N–H and O–H groups in total. The molecule has 1 atom stereocenters. The van der Waals surface area contributed by atoms with Crippen LogP contribution in [0.4, 0.5) is 13.2 Å². The van der Waals surface area contributed by atoms with E-state index in [4.69, 9.17) is 0 Å². The van der Waals surface area contributed by atoms with Crippen molar-refractivity contribution in [1.29, 1.82) is 0 Å². The number of rotatable bonds is 14. The smallest absolute Gasteiger partial charge is 0.166 e. The molecule has 0 amide bonds. The van der Waals surface area contributed by atoms with Crippen molar-refractivity contribution < 1.29 is 13.2 Å². The van der Waals surface area contributed by atoms with E-state index in [2.05, 4.69) is 19.9 Å². The zero-order valence-corrected chi connectivity index (χ0v) is 24.4. The molecule has 1 aliphatic rings. The molecule has 3 heteroatoms. The Balaban J connectivity index is 1.40. The Hall–Kier alpha value is -2.81. The molecule has 0 fully saturated rings. The van der Waals surface area contributed by atoms with E-state index in [9.17, 15) is 8.78 Å². The Morgan fingerprint density at radius 1 is 0.650 bits per heavy atom. The number of unbranched alkanes of at least 4 members (excludes halogenated alkanes) is 7. The molecule has 0 saturated heterocycles. The molecule has 1 aliphatic carbocycles. The van der Waals surface area contributed by atoms with Crippen LogP contribution in [0.5, 0.6) is 0 Å². The van der Waals surface area contributed by atoms with Gasteiger partial charge in [-0.3, -0.25) is 0 Å². The van der Waals surface area contributed by atoms with Gasteiger partial charge in [0.05, 0.1) is 0 Å². The highest BCUT2D eigenvalue weighted by atomic mass is 19.2. The predicted molar refractivity (Wildman–Crippen MR) is 164 cm³/mol. The van der Waals surface area contributed by atoms with E-state index in [1.165, 1.54) is 56.9 Å². The third-order valence-corrected chi connectivity index (χ3v) is 8.54. The molecule has 0 aliphatic heterocycles. The summed E-state index contributed by atoms with van der Waals surface area (Å²) in [6, 6.07) is 15.9. The fraction of sp³-hybridized carbons (Fsp3) is 0.459. The lowest BCUT2D eigenvalue weighted by Gasteiger charge is -2.22. The molecule has 0 nitrogen and oxygen atoms in total. The number of hydrogen-bond donors (Lipinski definition) is 0. The maximum absolute atomic E-state index is 15.2. The lowest BCUT2D eigenvalue weighted by atomic mass is 9.83. The summed E-state index contributed by atoms with van der Waals surface area (Å²) in [5, 5.41) is 0. The molecule has 0 saturated carbocycles. The van der Waals surface area contributed by atoms with Gasteiger partial charge in [0, 0.05) is 11.1 Å². The van der Waals surface area contributed by atoms with Gasteiger partial charge in [0.1, 0.15) is 5.82 Å². The van der Waals surface area contributed by atoms with Crippen LogP contribution >= 0.6 is 0 Å². The van der Waals surface area contributed by atoms with Crippen molar-refractivity contribution in [1.82, 2.24) is 0 Å². The number of allylic oxidation sites excluding steroid dienone is 2. The summed E-state index contributed by atoms with van der Waals surface area (Å²) < 4.78 is 45.0. The van der Waals surface area contributed by atoms with Gasteiger partial charge in [-0.2, -0.15) is 0 Å². The monoisotopic (exact) mass is 546 g/mol. The van der Waals surface area contributed by atoms with Crippen molar-refractivity contribution in [3.8, 4) is 22.3 Å². The van der Waals surface area contributed by atoms with Crippen LogP contribution in [0.15, 0.2) is 60.7 Å². The number of hydrogen-bond acceptors (Lipinski definition) is 0. The Morgan fingerprint density at radius 3 is 1.95 bits per heavy atom. The Labute approximate surface area is 239 Å². The van der Waals surface area contributed by atoms with Crippen LogP contribution in [0.2, 0.25) is 0 Å². The maximum Gasteiger partial charge on any atom is 0.166 e. The van der Waals surface area contributed by atoms with E-state index in [0.717, 1.165) is 49.1 Å². The van der Waals surface area contributed by atoms with Crippen LogP contribution in [0.1, 0.15) is 108 Å². The molecule has 0 bridgehead atoms. The van der Waals surface area contributed by atoms with Gasteiger partial charge in [-0.25, -0.2) is 13.2 Å². The van der Waals surface area contributed by atoms with Crippen molar-refractivity contribution in [2.24, 2.45) is 5.92 Å². The van der Waals surface area contributed by atoms with E-state index in [0.29, 0.717) is 23.1 Å². The van der Waals surface area contributed by atoms with Crippen molar-refractivity contribution in [2.45, 2.75) is 104 Å². The highest BCUT2D eigenvalue weighted by Crippen LogP contribution is 2.35. The first-order valence-corrected chi connectivity index (χ1v) is 15.6. The summed E-state index contributed by atoms with van der Waals surface area (Å²) in [6.07, 6.45) is 18.0. The van der Waals surface area contributed by atoms with Crippen LogP contribution in [-0.2, 0) is 6.42 Å². The van der Waals surface area contributed by atoms with Crippen LogP contribution in [-0.4, -0.2) is 0 Å². The van der Waals surface area contributed by atoms with Gasteiger partial charge in [0.15, 0.2) is 11.6 Å². The summed E-state index contributed by atoms with van der Waals surface area (Å²) >= 11 is 0. The van der Waals surface area contributed by atoms with Gasteiger partial charge >= 0.3 is 0 Å². The quantitative estimate of drug-likeness (QED) is 0.176. The highest BCUT2D eigenvalue weighted by molar-refractivity contribution is 5.74. The molecule has 0 radical (unpaired) electrons. The van der Waals surface area contributed by atoms with E-state index >= 15 is 4.39 Å². The van der Waals surface area contributed by atoms with Gasteiger partial charge in [0.25, 0.3) is 0 Å². The van der Waals surface area contributed by atoms with Gasteiger partial charge in [-0.1, -0.05) is 126 Å². The minimum Gasteiger partial charge on any atom is -0.206 e. The first kappa shape index (κ1) is 30.2. The molecule has 40 heavy (non-hydrogen) atoms. The topological polar surface area (TPSA) is 0 Å². The standard InChI is InChI=1S/C37H45F3/c1-3-5-7-8-9-11-13-31-22-25-34(37(40)36(31)39)30-20-18-29(19-21-30)33-24-23-32(26-35(33)38)28-16-14-27(15-17-28)12-10-6-4-2/h16,18-27H,3-15,17H2,1-2H3. The van der Waals surface area contributed by atoms with Gasteiger partial charge < -0.3 is 0 Å². The minimum atomic E-state index is -0.805. The summed E-state index contributed by atoms with van der Waals surface area (Å²) in [4.78, 5) is 0. The predicted octanol–water partition coefficient (Wildman–Crippen LogP) is 12.1. The fourth-order valence-electron chi connectivity index (χ4n) is 5.98. The lowest BCUT2D eigenvalue weighted by molar-refractivity contribution is 0.428. The highest BCUT2D eigenvalue weighted by Gasteiger charge is 2.18. The third kappa shape index (κ3) is 7.89. The molecule has 0 heterocycles. The Kier molecular flexibility index (Phi) is 11.5. The maximum atomic E-state index is 15.2. The Morgan fingerprint density at radius 2 is 1.27 bits per heavy atom. The summed E-state index contributed by atoms with van der Waals surface area (Å²) in [5.74, 6) is -1.05. The molecule has 3 aromatic rings. The second kappa shape index (κ2) is 15.3. The van der Waals surface area contributed by atoms with Crippen LogP contribution in [0.25, 0.3) is 27.8 Å². The zero-order valence-electron chi connectivity index (χ0n) is 24.4. The molecule has 4 rings (SSSR count). The molecular weight excluding hydrogens is 501 g/mol. The van der Waals surface area contributed by atoms with Crippen molar-refractivity contribution >= 4 is 5.57 Å². The summed E-state index contributed by atoms with van der Waals surface area (Å²) in [7, 11) is 0. The summed E-state index contributed by atoms with van der Waals surface area (Å²) in [5.41, 5.74) is 4.71. The first-order chi connectivity index (χ1) is 19.5. The summed E-state index contributed by atoms with van der Waals surface area (Å²) in [6.45, 7) is 4.42. The molecular formula is C37H45F3. The number of halogens is 3. The van der Waals surface area contributed by atoms with E-state index < -0.39 is 11.6 Å². The van der Waals surface area contributed by atoms with E-state index in [-0.39, 0.29) is 11.4 Å². The van der Waals surface area contributed by atoms with E-state index in [1.54, 1.807) is 42.5 Å². The first-order valence-electron chi connectivity index (χ1n) is 15.6. The average Bonchev–Trinajstić information content (AvgIpc) is 2.98. The molecule has 0 spiro atoms. The second-order valence-corrected chi connectivity index (χ2v) is 11.6. The number of aryl methyl sites for hydroxylation is 1. The molecule has 1 unspecified atom stereocenters. The van der Waals surface area contributed by atoms with E-state index in [1.807, 2.05) is 12.1 Å². The Bertz CT molecular complexity index is 1260. The van der Waals surface area contributed by atoms with Crippen LogP contribution < -0.4 is 0 Å². The van der Waals surface area contributed by atoms with Crippen molar-refractivity contribution in [3.05, 3.63) is 89.3 Å². The third-order valence-electron chi connectivity index (χ3n) is 8.54. The second-order valence-electron chi connectivity index (χ2n) is 11.6. The molecule has 0 aromatic heterocycles. The van der Waals surface area contributed by atoms with Crippen LogP contribution in [0, 0.1) is 23.4 Å². The van der Waals surface area contributed by atoms with Gasteiger partial charge in [0.2, 0.25) is 0 Å². The largest absolute Gasteiger partial charge is 0.206 e.